The minimum absolute atomic E-state index is 0.183. The van der Waals surface area contributed by atoms with E-state index in [1.807, 2.05) is 16.7 Å². The lowest BCUT2D eigenvalue weighted by Crippen LogP contribution is -2.42. The van der Waals surface area contributed by atoms with Crippen LogP contribution in [-0.2, 0) is 4.79 Å². The van der Waals surface area contributed by atoms with Crippen LogP contribution < -0.4 is 5.73 Å². The van der Waals surface area contributed by atoms with Crippen molar-refractivity contribution in [3.05, 3.63) is 0 Å². The van der Waals surface area contributed by atoms with E-state index in [-0.39, 0.29) is 11.9 Å². The van der Waals surface area contributed by atoms with Crippen LogP contribution in [0.5, 0.6) is 0 Å². The van der Waals surface area contributed by atoms with Crippen LogP contribution in [0.2, 0.25) is 0 Å². The van der Waals surface area contributed by atoms with Gasteiger partial charge in [0, 0.05) is 17.8 Å². The van der Waals surface area contributed by atoms with E-state index in [9.17, 15) is 4.79 Å². The molecule has 1 atom stereocenters. The molecular weight excluding hydrogens is 208 g/mol. The number of nitrogens with zero attached hydrogens (tertiary/aromatic N) is 1. The zero-order valence-corrected chi connectivity index (χ0v) is 10.1. The fourth-order valence-electron chi connectivity index (χ4n) is 2.68. The van der Waals surface area contributed by atoms with Crippen LogP contribution in [0, 0.1) is 0 Å². The summed E-state index contributed by atoms with van der Waals surface area (Å²) in [5.74, 6) is 0.183. The van der Waals surface area contributed by atoms with Gasteiger partial charge in [-0.2, -0.15) is 11.8 Å². The summed E-state index contributed by atoms with van der Waals surface area (Å²) >= 11 is 1.96. The van der Waals surface area contributed by atoms with E-state index in [1.165, 1.54) is 25.7 Å². The van der Waals surface area contributed by atoms with Gasteiger partial charge in [0.15, 0.2) is 0 Å². The first kappa shape index (κ1) is 11.3. The highest BCUT2D eigenvalue weighted by atomic mass is 32.2. The number of carbonyl (C=O) groups excluding carboxylic acids is 1. The Morgan fingerprint density at radius 2 is 1.93 bits per heavy atom. The second kappa shape index (κ2) is 4.74. The molecule has 1 aliphatic heterocycles. The number of thioether (sulfide) groups is 1. The number of rotatable bonds is 2. The maximum absolute atomic E-state index is 11.8. The molecule has 0 spiro atoms. The molecule has 1 unspecified atom stereocenters. The Hall–Kier alpha value is -0.220. The highest BCUT2D eigenvalue weighted by Crippen LogP contribution is 2.31. The largest absolute Gasteiger partial charge is 0.338 e. The van der Waals surface area contributed by atoms with Gasteiger partial charge in [-0.1, -0.05) is 0 Å². The molecule has 15 heavy (non-hydrogen) atoms. The molecule has 86 valence electrons. The Bertz CT molecular complexity index is 239. The molecule has 2 fully saturated rings. The maximum atomic E-state index is 11.8. The summed E-state index contributed by atoms with van der Waals surface area (Å²) < 4.78 is 0. The van der Waals surface area contributed by atoms with Gasteiger partial charge >= 0.3 is 0 Å². The van der Waals surface area contributed by atoms with Gasteiger partial charge in [-0.05, 0) is 38.4 Å². The van der Waals surface area contributed by atoms with Gasteiger partial charge in [0.25, 0.3) is 0 Å². The quantitative estimate of drug-likeness (QED) is 0.773. The smallest absolute Gasteiger partial charge is 0.239 e. The number of nitrogens with two attached hydrogens (primary N) is 1. The van der Waals surface area contributed by atoms with Gasteiger partial charge in [0.2, 0.25) is 5.91 Å². The van der Waals surface area contributed by atoms with Crippen molar-refractivity contribution < 1.29 is 4.79 Å². The summed E-state index contributed by atoms with van der Waals surface area (Å²) in [6, 6.07) is 0.262. The van der Waals surface area contributed by atoms with Gasteiger partial charge in [-0.25, -0.2) is 0 Å². The van der Waals surface area contributed by atoms with Crippen molar-refractivity contribution in [1.29, 1.82) is 0 Å². The molecule has 1 heterocycles. The van der Waals surface area contributed by atoms with Crippen molar-refractivity contribution in [3.63, 3.8) is 0 Å². The van der Waals surface area contributed by atoms with E-state index < -0.39 is 0 Å². The lowest BCUT2D eigenvalue weighted by Gasteiger charge is -2.34. The van der Waals surface area contributed by atoms with E-state index in [4.69, 9.17) is 5.73 Å². The number of amides is 1. The Morgan fingerprint density at radius 1 is 1.27 bits per heavy atom. The van der Waals surface area contributed by atoms with Crippen molar-refractivity contribution in [1.82, 2.24) is 4.90 Å². The van der Waals surface area contributed by atoms with Crippen LogP contribution in [0.4, 0.5) is 0 Å². The van der Waals surface area contributed by atoms with Crippen molar-refractivity contribution in [3.8, 4) is 0 Å². The second-order valence-corrected chi connectivity index (χ2v) is 5.73. The van der Waals surface area contributed by atoms with Gasteiger partial charge < -0.3 is 10.6 Å². The standard InChI is InChI=1S/C11H20N2OS/c1-15-9-4-2-8(3-5-9)13-7-6-10(12)11(13)14/h8-10H,2-7,12H2,1H3. The van der Waals surface area contributed by atoms with Crippen LogP contribution >= 0.6 is 11.8 Å². The zero-order valence-electron chi connectivity index (χ0n) is 9.32. The average molecular weight is 228 g/mol. The Kier molecular flexibility index (Phi) is 3.57. The summed E-state index contributed by atoms with van der Waals surface area (Å²) in [5, 5.41) is 0.813. The van der Waals surface area contributed by atoms with E-state index >= 15 is 0 Å². The monoisotopic (exact) mass is 228 g/mol. The Balaban J connectivity index is 1.88. The Labute approximate surface area is 95.8 Å². The summed E-state index contributed by atoms with van der Waals surface area (Å²) in [6.45, 7) is 0.884. The molecule has 1 saturated heterocycles. The molecule has 0 bridgehead atoms. The van der Waals surface area contributed by atoms with E-state index in [0.29, 0.717) is 6.04 Å². The predicted octanol–water partition coefficient (Wildman–Crippen LogP) is 1.22. The minimum Gasteiger partial charge on any atom is -0.338 e. The fraction of sp³-hybridized carbons (Fsp3) is 0.909. The number of carbonyl (C=O) groups is 1. The van der Waals surface area contributed by atoms with Gasteiger partial charge in [0.05, 0.1) is 6.04 Å². The lowest BCUT2D eigenvalue weighted by atomic mass is 9.94. The van der Waals surface area contributed by atoms with Gasteiger partial charge in [0.1, 0.15) is 0 Å². The van der Waals surface area contributed by atoms with E-state index in [2.05, 4.69) is 6.26 Å². The zero-order chi connectivity index (χ0) is 10.8. The highest BCUT2D eigenvalue weighted by Gasteiger charge is 2.35. The Morgan fingerprint density at radius 3 is 2.40 bits per heavy atom. The summed E-state index contributed by atoms with van der Waals surface area (Å²) in [6.07, 6.45) is 7.88. The summed E-state index contributed by atoms with van der Waals surface area (Å²) in [4.78, 5) is 13.8. The summed E-state index contributed by atoms with van der Waals surface area (Å²) in [7, 11) is 0. The van der Waals surface area contributed by atoms with Crippen molar-refractivity contribution >= 4 is 17.7 Å². The molecule has 0 aromatic rings. The molecular formula is C11H20N2OS. The van der Waals surface area contributed by atoms with Crippen molar-refractivity contribution in [2.75, 3.05) is 12.8 Å². The normalized spacial score (nSPS) is 37.3. The van der Waals surface area contributed by atoms with E-state index in [0.717, 1.165) is 18.2 Å². The van der Waals surface area contributed by atoms with Crippen LogP contribution in [0.3, 0.4) is 0 Å². The molecule has 0 radical (unpaired) electrons. The van der Waals surface area contributed by atoms with E-state index in [1.54, 1.807) is 0 Å². The average Bonchev–Trinajstić information content (AvgIpc) is 2.60. The number of hydrogen-bond acceptors (Lipinski definition) is 3. The van der Waals surface area contributed by atoms with Crippen LogP contribution in [-0.4, -0.2) is 40.9 Å². The fourth-order valence-corrected chi connectivity index (χ4v) is 3.42. The number of likely N-dealkylation sites (tertiary alicyclic amines) is 1. The number of hydrogen-bond donors (Lipinski definition) is 1. The topological polar surface area (TPSA) is 46.3 Å². The van der Waals surface area contributed by atoms with Crippen LogP contribution in [0.1, 0.15) is 32.1 Å². The minimum atomic E-state index is -0.219. The SMILES string of the molecule is CSC1CCC(N2CCC(N)C2=O)CC1. The molecule has 4 heteroatoms. The molecule has 1 amide bonds. The van der Waals surface area contributed by atoms with Crippen LogP contribution in [0.25, 0.3) is 0 Å². The molecule has 2 aliphatic rings. The molecule has 3 nitrogen and oxygen atoms in total. The summed E-state index contributed by atoms with van der Waals surface area (Å²) in [5.41, 5.74) is 5.73. The third-order valence-electron chi connectivity index (χ3n) is 3.70. The van der Waals surface area contributed by atoms with Gasteiger partial charge in [-0.15, -0.1) is 0 Å². The molecule has 1 saturated carbocycles. The van der Waals surface area contributed by atoms with Crippen molar-refractivity contribution in [2.24, 2.45) is 5.73 Å². The first-order chi connectivity index (χ1) is 7.22. The molecule has 2 N–H and O–H groups in total. The predicted molar refractivity (Wildman–Crippen MR) is 63.9 cm³/mol. The first-order valence-electron chi connectivity index (χ1n) is 5.81. The van der Waals surface area contributed by atoms with Crippen molar-refractivity contribution in [2.45, 2.75) is 49.4 Å². The maximum Gasteiger partial charge on any atom is 0.239 e. The third-order valence-corrected chi connectivity index (χ3v) is 4.84. The van der Waals surface area contributed by atoms with Crippen LogP contribution in [0.15, 0.2) is 0 Å². The molecule has 0 aromatic heterocycles. The molecule has 1 aliphatic carbocycles. The highest BCUT2D eigenvalue weighted by molar-refractivity contribution is 7.99. The second-order valence-electron chi connectivity index (χ2n) is 4.59. The first-order valence-corrected chi connectivity index (χ1v) is 7.10. The molecule has 2 rings (SSSR count). The third kappa shape index (κ3) is 2.31. The van der Waals surface area contributed by atoms with Gasteiger partial charge in [-0.3, -0.25) is 4.79 Å². The molecule has 0 aromatic carbocycles. The lowest BCUT2D eigenvalue weighted by molar-refractivity contribution is -0.131.